The Morgan fingerprint density at radius 2 is 1.33 bits per heavy atom. The van der Waals surface area contributed by atoms with Crippen LogP contribution in [0.3, 0.4) is 0 Å². The average Bonchev–Trinajstić information content (AvgIpc) is 3.76. The van der Waals surface area contributed by atoms with E-state index in [1.165, 1.54) is 86.7 Å². The normalized spacial score (nSPS) is 19.7. The molecule has 1 saturated carbocycles. The summed E-state index contributed by atoms with van der Waals surface area (Å²) >= 11 is 0. The number of nitrogens with zero attached hydrogens (tertiary/aromatic N) is 3. The molecule has 8 aromatic carbocycles. The van der Waals surface area contributed by atoms with Crippen LogP contribution in [0.25, 0.3) is 32.7 Å². The van der Waals surface area contributed by atoms with Crippen molar-refractivity contribution >= 4 is 101 Å². The SMILES string of the molecule is Cc1cc2c3c(c1)N1c4c(cccc4C4(C)CCCCC14C)B3c1ccc(N(c3ccc4ccccc4c3)c3cccc4c3oc3ccccc34)cc1N2c1ccccc1. The maximum absolute atomic E-state index is 6.78. The zero-order chi connectivity index (χ0) is 39.9. The number of hydrogen-bond acceptors (Lipinski definition) is 4. The number of anilines is 8. The number of benzene rings is 8. The van der Waals surface area contributed by atoms with Crippen LogP contribution in [-0.4, -0.2) is 12.3 Å². The fraction of sp³-hybridized carbons (Fsp3) is 0.164. The van der Waals surface area contributed by atoms with Gasteiger partial charge in [-0.05, 0) is 126 Å². The second-order valence-corrected chi connectivity index (χ2v) is 18.1. The molecule has 5 heteroatoms. The molecular weight excluding hydrogens is 729 g/mol. The molecule has 2 unspecified atom stereocenters. The highest BCUT2D eigenvalue weighted by atomic mass is 16.3. The number of para-hydroxylation sites is 4. The topological polar surface area (TPSA) is 22.9 Å². The van der Waals surface area contributed by atoms with Crippen LogP contribution in [0.2, 0.25) is 0 Å². The van der Waals surface area contributed by atoms with E-state index < -0.39 is 0 Å². The molecule has 2 atom stereocenters. The Balaban J connectivity index is 1.10. The molecule has 0 saturated heterocycles. The summed E-state index contributed by atoms with van der Waals surface area (Å²) in [5, 5.41) is 4.66. The Morgan fingerprint density at radius 3 is 2.23 bits per heavy atom. The Kier molecular flexibility index (Phi) is 6.93. The van der Waals surface area contributed by atoms with Gasteiger partial charge < -0.3 is 19.1 Å². The van der Waals surface area contributed by atoms with E-state index in [1.807, 2.05) is 0 Å². The van der Waals surface area contributed by atoms with E-state index in [-0.39, 0.29) is 17.7 Å². The summed E-state index contributed by atoms with van der Waals surface area (Å²) in [6.45, 7) is 7.50. The number of hydrogen-bond donors (Lipinski definition) is 0. The predicted molar refractivity (Wildman–Crippen MR) is 253 cm³/mol. The molecule has 0 spiro atoms. The van der Waals surface area contributed by atoms with Crippen LogP contribution in [0, 0.1) is 6.92 Å². The number of furan rings is 1. The van der Waals surface area contributed by atoms with Gasteiger partial charge in [-0.2, -0.15) is 0 Å². The first kappa shape index (κ1) is 34.2. The van der Waals surface area contributed by atoms with Crippen molar-refractivity contribution in [2.24, 2.45) is 0 Å². The number of fused-ring (bicyclic) bond motifs is 11. The Labute approximate surface area is 351 Å². The Hall–Kier alpha value is -6.72. The van der Waals surface area contributed by atoms with E-state index in [0.717, 1.165) is 44.7 Å². The molecule has 0 amide bonds. The summed E-state index contributed by atoms with van der Waals surface area (Å²) in [6.07, 6.45) is 4.95. The molecule has 4 nitrogen and oxygen atoms in total. The minimum absolute atomic E-state index is 0.00401. The summed E-state index contributed by atoms with van der Waals surface area (Å²) < 4.78 is 6.78. The molecular formula is C55H44BN3O. The van der Waals surface area contributed by atoms with Crippen LogP contribution >= 0.6 is 0 Å². The highest BCUT2D eigenvalue weighted by molar-refractivity contribution is 7.00. The monoisotopic (exact) mass is 773 g/mol. The first-order chi connectivity index (χ1) is 29.4. The standard InChI is InChI=1S/C55H44BN3O/c1-35-31-48-51-49(32-35)59-52-43(54(2)29-11-12-30-55(54,59)3)21-14-22-45(52)56(51)44-28-27-40(34-47(44)58(48)38-17-5-4-6-18-38)57(39-26-25-36-15-7-8-16-37(36)33-39)46-23-13-20-42-41-19-9-10-24-50(41)60-53(42)46/h4-10,13-28,31-34H,11-12,29-30H2,1-3H3. The fourth-order valence-electron chi connectivity index (χ4n) is 12.0. The second-order valence-electron chi connectivity index (χ2n) is 18.1. The maximum atomic E-state index is 6.78. The fourth-order valence-corrected chi connectivity index (χ4v) is 12.0. The Morgan fingerprint density at radius 1 is 0.600 bits per heavy atom. The van der Waals surface area contributed by atoms with Gasteiger partial charge in [-0.15, -0.1) is 0 Å². The Bertz CT molecular complexity index is 3260. The van der Waals surface area contributed by atoms with Crippen LogP contribution in [0.15, 0.2) is 168 Å². The van der Waals surface area contributed by atoms with Crippen molar-refractivity contribution in [2.45, 2.75) is 57.4 Å². The quantitative estimate of drug-likeness (QED) is 0.166. The van der Waals surface area contributed by atoms with Crippen molar-refractivity contribution < 1.29 is 4.42 Å². The molecule has 9 aromatic rings. The van der Waals surface area contributed by atoms with E-state index >= 15 is 0 Å². The van der Waals surface area contributed by atoms with Gasteiger partial charge in [-0.3, -0.25) is 0 Å². The molecule has 0 N–H and O–H groups in total. The van der Waals surface area contributed by atoms with Crippen molar-refractivity contribution in [1.29, 1.82) is 0 Å². The van der Waals surface area contributed by atoms with Gasteiger partial charge in [0.2, 0.25) is 0 Å². The van der Waals surface area contributed by atoms with Gasteiger partial charge in [0, 0.05) is 56.0 Å². The summed E-state index contributed by atoms with van der Waals surface area (Å²) in [7, 11) is 0. The average molecular weight is 774 g/mol. The van der Waals surface area contributed by atoms with Crippen LogP contribution < -0.4 is 31.1 Å². The third-order valence-electron chi connectivity index (χ3n) is 15.0. The van der Waals surface area contributed by atoms with E-state index in [2.05, 4.69) is 199 Å². The zero-order valence-electron chi connectivity index (χ0n) is 34.2. The predicted octanol–water partition coefficient (Wildman–Crippen LogP) is 12.9. The number of aryl methyl sites for hydroxylation is 1. The van der Waals surface area contributed by atoms with Gasteiger partial charge in [0.25, 0.3) is 6.71 Å². The van der Waals surface area contributed by atoms with Gasteiger partial charge in [0.05, 0.1) is 11.2 Å². The third kappa shape index (κ3) is 4.42. The molecule has 3 aliphatic heterocycles. The largest absolute Gasteiger partial charge is 0.454 e. The molecule has 60 heavy (non-hydrogen) atoms. The highest BCUT2D eigenvalue weighted by Crippen LogP contribution is 2.61. The molecule has 1 aliphatic carbocycles. The van der Waals surface area contributed by atoms with E-state index in [4.69, 9.17) is 4.42 Å². The molecule has 4 aliphatic rings. The minimum atomic E-state index is -0.00401. The van der Waals surface area contributed by atoms with E-state index in [9.17, 15) is 0 Å². The molecule has 4 heterocycles. The van der Waals surface area contributed by atoms with Crippen LogP contribution in [0.4, 0.5) is 45.5 Å². The van der Waals surface area contributed by atoms with Crippen molar-refractivity contribution in [3.8, 4) is 0 Å². The van der Waals surface area contributed by atoms with Crippen LogP contribution in [0.5, 0.6) is 0 Å². The van der Waals surface area contributed by atoms with Crippen molar-refractivity contribution in [3.05, 3.63) is 175 Å². The highest BCUT2D eigenvalue weighted by Gasteiger charge is 2.61. The van der Waals surface area contributed by atoms with Crippen molar-refractivity contribution in [2.75, 3.05) is 14.7 Å². The summed E-state index contributed by atoms with van der Waals surface area (Å²) in [4.78, 5) is 7.78. The van der Waals surface area contributed by atoms with Crippen LogP contribution in [-0.2, 0) is 5.41 Å². The molecule has 288 valence electrons. The summed E-state index contributed by atoms with van der Waals surface area (Å²) in [5.74, 6) is 0. The first-order valence-electron chi connectivity index (χ1n) is 21.7. The van der Waals surface area contributed by atoms with E-state index in [0.29, 0.717) is 0 Å². The van der Waals surface area contributed by atoms with E-state index in [1.54, 1.807) is 0 Å². The maximum Gasteiger partial charge on any atom is 0.252 e. The lowest BCUT2D eigenvalue weighted by Crippen LogP contribution is -2.64. The van der Waals surface area contributed by atoms with Crippen LogP contribution in [0.1, 0.15) is 50.7 Å². The summed E-state index contributed by atoms with van der Waals surface area (Å²) in [5.41, 5.74) is 18.5. The lowest BCUT2D eigenvalue weighted by atomic mass is 9.33. The minimum Gasteiger partial charge on any atom is -0.454 e. The molecule has 13 rings (SSSR count). The van der Waals surface area contributed by atoms with Gasteiger partial charge in [-0.1, -0.05) is 123 Å². The van der Waals surface area contributed by atoms with Crippen molar-refractivity contribution in [3.63, 3.8) is 0 Å². The molecule has 1 aromatic heterocycles. The van der Waals surface area contributed by atoms with Gasteiger partial charge in [0.1, 0.15) is 5.58 Å². The molecule has 0 bridgehead atoms. The lowest BCUT2D eigenvalue weighted by Gasteiger charge is -2.52. The van der Waals surface area contributed by atoms with Gasteiger partial charge >= 0.3 is 0 Å². The lowest BCUT2D eigenvalue weighted by molar-refractivity contribution is 0.195. The smallest absolute Gasteiger partial charge is 0.252 e. The molecule has 0 radical (unpaired) electrons. The van der Waals surface area contributed by atoms with Crippen molar-refractivity contribution in [1.82, 2.24) is 0 Å². The van der Waals surface area contributed by atoms with Gasteiger partial charge in [0.15, 0.2) is 5.58 Å². The third-order valence-corrected chi connectivity index (χ3v) is 15.0. The zero-order valence-corrected chi connectivity index (χ0v) is 34.2. The van der Waals surface area contributed by atoms with Gasteiger partial charge in [-0.25, -0.2) is 0 Å². The first-order valence-corrected chi connectivity index (χ1v) is 21.7. The molecule has 1 fully saturated rings. The number of rotatable bonds is 4. The summed E-state index contributed by atoms with van der Waals surface area (Å²) in [6, 6.07) is 60.8. The second kappa shape index (κ2) is 12.2.